The number of rotatable bonds is 5. The summed E-state index contributed by atoms with van der Waals surface area (Å²) in [6.07, 6.45) is 0.899. The van der Waals surface area contributed by atoms with Crippen LogP contribution in [-0.4, -0.2) is 30.1 Å². The molecule has 1 aromatic carbocycles. The highest BCUT2D eigenvalue weighted by Crippen LogP contribution is 2.18. The van der Waals surface area contributed by atoms with Crippen LogP contribution < -0.4 is 10.6 Å². The number of hydrogen-bond donors (Lipinski definition) is 3. The van der Waals surface area contributed by atoms with E-state index in [4.69, 9.17) is 0 Å². The van der Waals surface area contributed by atoms with E-state index in [9.17, 15) is 9.90 Å². The van der Waals surface area contributed by atoms with Gasteiger partial charge >= 0.3 is 0 Å². The first-order valence-electron chi connectivity index (χ1n) is 7.34. The number of hydrogen-bond acceptors (Lipinski definition) is 3. The van der Waals surface area contributed by atoms with Gasteiger partial charge in [-0.1, -0.05) is 38.1 Å². The van der Waals surface area contributed by atoms with Crippen molar-refractivity contribution in [3.05, 3.63) is 35.4 Å². The predicted octanol–water partition coefficient (Wildman–Crippen LogP) is 1.71. The summed E-state index contributed by atoms with van der Waals surface area (Å²) in [4.78, 5) is 11.1. The van der Waals surface area contributed by atoms with Crippen LogP contribution in [-0.2, 0) is 4.79 Å². The molecule has 1 fully saturated rings. The first-order valence-corrected chi connectivity index (χ1v) is 7.34. The smallest absolute Gasteiger partial charge is 0.220 e. The van der Waals surface area contributed by atoms with Crippen LogP contribution in [0.5, 0.6) is 0 Å². The Hall–Kier alpha value is -1.39. The highest BCUT2D eigenvalue weighted by molar-refractivity contribution is 5.76. The lowest BCUT2D eigenvalue weighted by Gasteiger charge is -2.25. The number of nitrogens with one attached hydrogen (secondary N) is 2. The van der Waals surface area contributed by atoms with Gasteiger partial charge in [-0.05, 0) is 23.5 Å². The van der Waals surface area contributed by atoms with Gasteiger partial charge in [-0.3, -0.25) is 4.79 Å². The molecule has 2 rings (SSSR count). The maximum Gasteiger partial charge on any atom is 0.220 e. The van der Waals surface area contributed by atoms with E-state index in [-0.39, 0.29) is 11.9 Å². The largest absolute Gasteiger partial charge is 0.387 e. The van der Waals surface area contributed by atoms with Gasteiger partial charge in [0.15, 0.2) is 0 Å². The maximum atomic E-state index is 11.1. The van der Waals surface area contributed by atoms with Crippen molar-refractivity contribution >= 4 is 5.91 Å². The molecular weight excluding hydrogens is 252 g/mol. The average Bonchev–Trinajstić information content (AvgIpc) is 2.46. The fourth-order valence-electron chi connectivity index (χ4n) is 2.41. The molecule has 20 heavy (non-hydrogen) atoms. The van der Waals surface area contributed by atoms with E-state index in [0.29, 0.717) is 25.4 Å². The molecule has 0 radical (unpaired) electrons. The van der Waals surface area contributed by atoms with Crippen molar-refractivity contribution in [2.45, 2.75) is 44.8 Å². The van der Waals surface area contributed by atoms with Crippen LogP contribution in [0.1, 0.15) is 49.8 Å². The Labute approximate surface area is 120 Å². The summed E-state index contributed by atoms with van der Waals surface area (Å²) in [6, 6.07) is 8.39. The second-order valence-electron chi connectivity index (χ2n) is 5.79. The molecule has 1 saturated heterocycles. The first kappa shape index (κ1) is 15.0. The summed E-state index contributed by atoms with van der Waals surface area (Å²) in [5.41, 5.74) is 2.21. The molecule has 0 spiro atoms. The van der Waals surface area contributed by atoms with E-state index in [1.807, 2.05) is 12.1 Å². The molecule has 2 unspecified atom stereocenters. The number of aliphatic hydroxyl groups excluding tert-OH is 1. The highest BCUT2D eigenvalue weighted by Gasteiger charge is 2.18. The molecule has 1 aliphatic rings. The summed E-state index contributed by atoms with van der Waals surface area (Å²) < 4.78 is 0. The van der Waals surface area contributed by atoms with E-state index in [1.54, 1.807) is 0 Å². The summed E-state index contributed by atoms with van der Waals surface area (Å²) >= 11 is 0. The van der Waals surface area contributed by atoms with Crippen molar-refractivity contribution in [2.75, 3.05) is 13.1 Å². The monoisotopic (exact) mass is 276 g/mol. The fraction of sp³-hybridized carbons (Fsp3) is 0.562. The SMILES string of the molecule is CC(C)c1ccc(C(O)CNC2CCC(=O)NC2)cc1. The normalized spacial score (nSPS) is 20.8. The van der Waals surface area contributed by atoms with Crippen LogP contribution in [0.4, 0.5) is 0 Å². The summed E-state index contributed by atoms with van der Waals surface area (Å²) in [5, 5.41) is 16.3. The molecule has 2 atom stereocenters. The number of piperidine rings is 1. The number of aliphatic hydroxyl groups is 1. The second-order valence-corrected chi connectivity index (χ2v) is 5.79. The van der Waals surface area contributed by atoms with Crippen LogP contribution in [0.2, 0.25) is 0 Å². The van der Waals surface area contributed by atoms with Gasteiger partial charge in [0.25, 0.3) is 0 Å². The molecule has 0 saturated carbocycles. The zero-order valence-corrected chi connectivity index (χ0v) is 12.2. The van der Waals surface area contributed by atoms with Gasteiger partial charge < -0.3 is 15.7 Å². The van der Waals surface area contributed by atoms with E-state index >= 15 is 0 Å². The topological polar surface area (TPSA) is 61.4 Å². The van der Waals surface area contributed by atoms with Crippen LogP contribution in [0.3, 0.4) is 0 Å². The Balaban J connectivity index is 1.82. The molecule has 0 aliphatic carbocycles. The Morgan fingerprint density at radius 2 is 1.95 bits per heavy atom. The van der Waals surface area contributed by atoms with Crippen LogP contribution >= 0.6 is 0 Å². The zero-order valence-electron chi connectivity index (χ0n) is 12.2. The Bertz CT molecular complexity index is 432. The van der Waals surface area contributed by atoms with E-state index in [0.717, 1.165) is 12.0 Å². The minimum Gasteiger partial charge on any atom is -0.387 e. The number of carbonyl (C=O) groups excluding carboxylic acids is 1. The number of amides is 1. The van der Waals surface area contributed by atoms with Crippen molar-refractivity contribution in [2.24, 2.45) is 0 Å². The molecular formula is C16H24N2O2. The Morgan fingerprint density at radius 3 is 2.50 bits per heavy atom. The van der Waals surface area contributed by atoms with Crippen molar-refractivity contribution in [3.8, 4) is 0 Å². The molecule has 4 nitrogen and oxygen atoms in total. The third-order valence-corrected chi connectivity index (χ3v) is 3.85. The van der Waals surface area contributed by atoms with Gasteiger partial charge in [-0.2, -0.15) is 0 Å². The third kappa shape index (κ3) is 4.05. The molecule has 1 heterocycles. The third-order valence-electron chi connectivity index (χ3n) is 3.85. The number of benzene rings is 1. The Kier molecular flexibility index (Phi) is 5.15. The van der Waals surface area contributed by atoms with Gasteiger partial charge in [-0.25, -0.2) is 0 Å². The quantitative estimate of drug-likeness (QED) is 0.767. The first-order chi connectivity index (χ1) is 9.56. The van der Waals surface area contributed by atoms with Gasteiger partial charge in [0, 0.05) is 25.6 Å². The summed E-state index contributed by atoms with van der Waals surface area (Å²) in [5.74, 6) is 0.623. The molecule has 1 aromatic rings. The predicted molar refractivity (Wildman–Crippen MR) is 79.5 cm³/mol. The molecule has 1 aliphatic heterocycles. The molecule has 4 heteroatoms. The number of carbonyl (C=O) groups is 1. The van der Waals surface area contributed by atoms with Crippen LogP contribution in [0.25, 0.3) is 0 Å². The highest BCUT2D eigenvalue weighted by atomic mass is 16.3. The van der Waals surface area contributed by atoms with Crippen molar-refractivity contribution < 1.29 is 9.90 Å². The van der Waals surface area contributed by atoms with E-state index < -0.39 is 6.10 Å². The molecule has 110 valence electrons. The fourth-order valence-corrected chi connectivity index (χ4v) is 2.41. The minimum atomic E-state index is -0.506. The molecule has 3 N–H and O–H groups in total. The zero-order chi connectivity index (χ0) is 14.5. The van der Waals surface area contributed by atoms with Gasteiger partial charge in [0.05, 0.1) is 6.10 Å². The van der Waals surface area contributed by atoms with Crippen molar-refractivity contribution in [1.29, 1.82) is 0 Å². The lowest BCUT2D eigenvalue weighted by molar-refractivity contribution is -0.122. The summed E-state index contributed by atoms with van der Waals surface area (Å²) in [7, 11) is 0. The maximum absolute atomic E-state index is 11.1. The molecule has 1 amide bonds. The van der Waals surface area contributed by atoms with E-state index in [1.165, 1.54) is 5.56 Å². The summed E-state index contributed by atoms with van der Waals surface area (Å²) in [6.45, 7) is 5.48. The van der Waals surface area contributed by atoms with Crippen LogP contribution in [0, 0.1) is 0 Å². The van der Waals surface area contributed by atoms with Crippen molar-refractivity contribution in [3.63, 3.8) is 0 Å². The van der Waals surface area contributed by atoms with Crippen molar-refractivity contribution in [1.82, 2.24) is 10.6 Å². The minimum absolute atomic E-state index is 0.118. The van der Waals surface area contributed by atoms with Gasteiger partial charge in [-0.15, -0.1) is 0 Å². The molecule has 0 aromatic heterocycles. The second kappa shape index (κ2) is 6.86. The average molecular weight is 276 g/mol. The van der Waals surface area contributed by atoms with Crippen LogP contribution in [0.15, 0.2) is 24.3 Å². The van der Waals surface area contributed by atoms with E-state index in [2.05, 4.69) is 36.6 Å². The Morgan fingerprint density at radius 1 is 1.30 bits per heavy atom. The van der Waals surface area contributed by atoms with Gasteiger partial charge in [0.1, 0.15) is 0 Å². The lowest BCUT2D eigenvalue weighted by atomic mass is 9.99. The van der Waals surface area contributed by atoms with Gasteiger partial charge in [0.2, 0.25) is 5.91 Å². The standard InChI is InChI=1S/C16H24N2O2/c1-11(2)12-3-5-13(6-4-12)15(19)10-17-14-7-8-16(20)18-9-14/h3-6,11,14-15,17,19H,7-10H2,1-2H3,(H,18,20). The molecule has 0 bridgehead atoms. The lowest BCUT2D eigenvalue weighted by Crippen LogP contribution is -2.46.